The number of carbonyl (C=O) groups excluding carboxylic acids is 1. The zero-order valence-corrected chi connectivity index (χ0v) is 13.1. The number of hydrogen-bond acceptors (Lipinski definition) is 3. The molecule has 0 radical (unpaired) electrons. The molecule has 0 saturated carbocycles. The van der Waals surface area contributed by atoms with Crippen molar-refractivity contribution >= 4 is 29.3 Å². The van der Waals surface area contributed by atoms with Crippen molar-refractivity contribution in [2.24, 2.45) is 0 Å². The molecule has 0 spiro atoms. The molecule has 2 aromatic rings. The first-order chi connectivity index (χ1) is 10.6. The van der Waals surface area contributed by atoms with Crippen LogP contribution in [0.15, 0.2) is 48.5 Å². The van der Waals surface area contributed by atoms with Crippen molar-refractivity contribution in [3.63, 3.8) is 0 Å². The number of amides is 1. The van der Waals surface area contributed by atoms with Crippen molar-refractivity contribution in [1.82, 2.24) is 0 Å². The lowest BCUT2D eigenvalue weighted by molar-refractivity contribution is -0.111. The van der Waals surface area contributed by atoms with Crippen molar-refractivity contribution in [3.8, 4) is 11.5 Å². The van der Waals surface area contributed by atoms with Crippen LogP contribution in [0.2, 0.25) is 5.02 Å². The van der Waals surface area contributed by atoms with Gasteiger partial charge in [-0.3, -0.25) is 4.79 Å². The van der Waals surface area contributed by atoms with Crippen molar-refractivity contribution in [1.29, 1.82) is 0 Å². The quantitative estimate of drug-likeness (QED) is 0.848. The van der Waals surface area contributed by atoms with Gasteiger partial charge in [0.15, 0.2) is 11.5 Å². The van der Waals surface area contributed by atoms with Crippen LogP contribution in [-0.4, -0.2) is 20.1 Å². The Morgan fingerprint density at radius 2 is 1.86 bits per heavy atom. The van der Waals surface area contributed by atoms with Gasteiger partial charge in [0, 0.05) is 22.9 Å². The number of hydrogen-bond donors (Lipinski definition) is 1. The summed E-state index contributed by atoms with van der Waals surface area (Å²) < 4.78 is 10.3. The van der Waals surface area contributed by atoms with Crippen LogP contribution in [0.4, 0.5) is 5.69 Å². The highest BCUT2D eigenvalue weighted by molar-refractivity contribution is 6.30. The van der Waals surface area contributed by atoms with Crippen LogP contribution in [0.3, 0.4) is 0 Å². The number of benzene rings is 2. The average Bonchev–Trinajstić information content (AvgIpc) is 2.53. The van der Waals surface area contributed by atoms with Gasteiger partial charge in [-0.2, -0.15) is 0 Å². The molecule has 0 heterocycles. The van der Waals surface area contributed by atoms with Crippen LogP contribution in [0.25, 0.3) is 6.08 Å². The molecule has 4 nitrogen and oxygen atoms in total. The third-order valence-corrected chi connectivity index (χ3v) is 3.16. The van der Waals surface area contributed by atoms with Gasteiger partial charge in [-0.1, -0.05) is 23.7 Å². The van der Waals surface area contributed by atoms with Crippen LogP contribution in [0, 0.1) is 0 Å². The van der Waals surface area contributed by atoms with Gasteiger partial charge in [0.1, 0.15) is 0 Å². The Balaban J connectivity index is 2.06. The third-order valence-electron chi connectivity index (χ3n) is 2.93. The summed E-state index contributed by atoms with van der Waals surface area (Å²) in [5.74, 6) is 0.918. The first-order valence-corrected chi connectivity index (χ1v) is 6.97. The fourth-order valence-corrected chi connectivity index (χ4v) is 2.08. The maximum absolute atomic E-state index is 11.9. The van der Waals surface area contributed by atoms with Gasteiger partial charge < -0.3 is 14.8 Å². The van der Waals surface area contributed by atoms with E-state index < -0.39 is 0 Å². The summed E-state index contributed by atoms with van der Waals surface area (Å²) in [5, 5.41) is 3.39. The number of rotatable bonds is 5. The Labute approximate surface area is 134 Å². The van der Waals surface area contributed by atoms with Gasteiger partial charge in [0.2, 0.25) is 5.91 Å². The van der Waals surface area contributed by atoms with E-state index in [-0.39, 0.29) is 5.91 Å². The van der Waals surface area contributed by atoms with E-state index >= 15 is 0 Å². The first kappa shape index (κ1) is 15.9. The minimum absolute atomic E-state index is 0.243. The molecule has 0 atom stereocenters. The lowest BCUT2D eigenvalue weighted by Gasteiger charge is -2.09. The molecule has 5 heteroatoms. The lowest BCUT2D eigenvalue weighted by atomic mass is 10.2. The van der Waals surface area contributed by atoms with Crippen LogP contribution in [-0.2, 0) is 4.79 Å². The second-order valence-electron chi connectivity index (χ2n) is 4.45. The smallest absolute Gasteiger partial charge is 0.248 e. The molecule has 0 fully saturated rings. The van der Waals surface area contributed by atoms with E-state index in [2.05, 4.69) is 5.32 Å². The van der Waals surface area contributed by atoms with Crippen LogP contribution in [0.1, 0.15) is 5.56 Å². The van der Waals surface area contributed by atoms with E-state index in [0.717, 1.165) is 5.56 Å². The fourth-order valence-electron chi connectivity index (χ4n) is 1.88. The molecule has 0 aliphatic heterocycles. The van der Waals surface area contributed by atoms with Gasteiger partial charge in [0.05, 0.1) is 14.2 Å². The van der Waals surface area contributed by atoms with E-state index in [9.17, 15) is 4.79 Å². The summed E-state index contributed by atoms with van der Waals surface area (Å²) in [6, 6.07) is 12.4. The average molecular weight is 318 g/mol. The lowest BCUT2D eigenvalue weighted by Crippen LogP contribution is -2.07. The SMILES string of the molecule is COc1ccc(NC(=O)/C=C/c2cccc(Cl)c2)cc1OC. The molecular weight excluding hydrogens is 302 g/mol. The van der Waals surface area contributed by atoms with Crippen molar-refractivity contribution in [2.45, 2.75) is 0 Å². The molecule has 2 rings (SSSR count). The Hall–Kier alpha value is -2.46. The standard InChI is InChI=1S/C17H16ClNO3/c1-21-15-8-7-14(11-16(15)22-2)19-17(20)9-6-12-4-3-5-13(18)10-12/h3-11H,1-2H3,(H,19,20)/b9-6+. The summed E-state index contributed by atoms with van der Waals surface area (Å²) in [4.78, 5) is 11.9. The van der Waals surface area contributed by atoms with Crippen molar-refractivity contribution in [2.75, 3.05) is 19.5 Å². The van der Waals surface area contributed by atoms with Crippen LogP contribution in [0.5, 0.6) is 11.5 Å². The minimum Gasteiger partial charge on any atom is -0.493 e. The number of anilines is 1. The normalized spacial score (nSPS) is 10.5. The van der Waals surface area contributed by atoms with E-state index in [1.165, 1.54) is 6.08 Å². The highest BCUT2D eigenvalue weighted by atomic mass is 35.5. The van der Waals surface area contributed by atoms with Gasteiger partial charge in [-0.25, -0.2) is 0 Å². The monoisotopic (exact) mass is 317 g/mol. The Morgan fingerprint density at radius 1 is 1.09 bits per heavy atom. The number of methoxy groups -OCH3 is 2. The summed E-state index contributed by atoms with van der Waals surface area (Å²) in [7, 11) is 3.10. The number of carbonyl (C=O) groups is 1. The Bertz CT molecular complexity index is 698. The second kappa shape index (κ2) is 7.52. The zero-order valence-electron chi connectivity index (χ0n) is 12.3. The van der Waals surface area contributed by atoms with Crippen LogP contribution < -0.4 is 14.8 Å². The van der Waals surface area contributed by atoms with Crippen molar-refractivity contribution < 1.29 is 14.3 Å². The predicted octanol–water partition coefficient (Wildman–Crippen LogP) is 4.01. The van der Waals surface area contributed by atoms with Gasteiger partial charge in [0.25, 0.3) is 0 Å². The molecule has 2 aromatic carbocycles. The summed E-state index contributed by atoms with van der Waals surface area (Å²) in [6.07, 6.45) is 3.14. The highest BCUT2D eigenvalue weighted by Gasteiger charge is 2.05. The number of ether oxygens (including phenoxy) is 2. The van der Waals surface area contributed by atoms with Gasteiger partial charge in [-0.15, -0.1) is 0 Å². The molecule has 0 saturated heterocycles. The molecule has 0 unspecified atom stereocenters. The molecule has 0 bridgehead atoms. The zero-order chi connectivity index (χ0) is 15.9. The fraction of sp³-hybridized carbons (Fsp3) is 0.118. The second-order valence-corrected chi connectivity index (χ2v) is 4.88. The molecule has 114 valence electrons. The molecule has 1 amide bonds. The largest absolute Gasteiger partial charge is 0.493 e. The van der Waals surface area contributed by atoms with E-state index in [4.69, 9.17) is 21.1 Å². The van der Waals surface area contributed by atoms with Gasteiger partial charge >= 0.3 is 0 Å². The molecule has 0 aliphatic rings. The van der Waals surface area contributed by atoms with Gasteiger partial charge in [-0.05, 0) is 35.9 Å². The van der Waals surface area contributed by atoms with E-state index in [0.29, 0.717) is 22.2 Å². The van der Waals surface area contributed by atoms with Crippen LogP contribution >= 0.6 is 11.6 Å². The molecule has 22 heavy (non-hydrogen) atoms. The van der Waals surface area contributed by atoms with E-state index in [1.807, 2.05) is 12.1 Å². The molecular formula is C17H16ClNO3. The summed E-state index contributed by atoms with van der Waals surface area (Å²) >= 11 is 5.89. The maximum Gasteiger partial charge on any atom is 0.248 e. The maximum atomic E-state index is 11.9. The summed E-state index contributed by atoms with van der Waals surface area (Å²) in [5.41, 5.74) is 1.48. The first-order valence-electron chi connectivity index (χ1n) is 6.59. The highest BCUT2D eigenvalue weighted by Crippen LogP contribution is 2.29. The predicted molar refractivity (Wildman–Crippen MR) is 88.7 cm³/mol. The third kappa shape index (κ3) is 4.27. The molecule has 0 aromatic heterocycles. The molecule has 0 aliphatic carbocycles. The van der Waals surface area contributed by atoms with E-state index in [1.54, 1.807) is 50.6 Å². The Morgan fingerprint density at radius 3 is 2.55 bits per heavy atom. The number of halogens is 1. The number of nitrogens with one attached hydrogen (secondary N) is 1. The topological polar surface area (TPSA) is 47.6 Å². The Kier molecular flexibility index (Phi) is 5.44. The summed E-state index contributed by atoms with van der Waals surface area (Å²) in [6.45, 7) is 0. The molecule has 1 N–H and O–H groups in total. The van der Waals surface area contributed by atoms with Crippen molar-refractivity contribution in [3.05, 3.63) is 59.1 Å². The minimum atomic E-state index is -0.243.